The van der Waals surface area contributed by atoms with E-state index in [4.69, 9.17) is 11.5 Å². The Morgan fingerprint density at radius 3 is 1.50 bits per heavy atom. The van der Waals surface area contributed by atoms with Crippen LogP contribution >= 0.6 is 0 Å². The molecule has 4 N–H and O–H groups in total. The van der Waals surface area contributed by atoms with E-state index in [-0.39, 0.29) is 0 Å². The maximum Gasteiger partial charge on any atom is 0.0853 e. The Bertz CT molecular complexity index is 99.2. The van der Waals surface area contributed by atoms with Crippen LogP contribution in [0.2, 0.25) is 0 Å². The van der Waals surface area contributed by atoms with Crippen molar-refractivity contribution >= 4 is 12.7 Å². The summed E-state index contributed by atoms with van der Waals surface area (Å²) in [6, 6.07) is 0. The Morgan fingerprint density at radius 2 is 1.25 bits per heavy atom. The monoisotopic (exact) mass is 112 g/mol. The van der Waals surface area contributed by atoms with Crippen molar-refractivity contribution in [2.75, 3.05) is 0 Å². The van der Waals surface area contributed by atoms with E-state index in [0.29, 0.717) is 0 Å². The molecule has 0 aromatic carbocycles. The fraction of sp³-hybridized carbons (Fsp3) is 0. The lowest BCUT2D eigenvalue weighted by Crippen LogP contribution is -1.86. The molecule has 0 spiro atoms. The SMILES string of the molecule is NC=NC=CN=CN. The Kier molecular flexibility index (Phi) is 4.74. The molecule has 0 aromatic rings. The van der Waals surface area contributed by atoms with Gasteiger partial charge in [0.05, 0.1) is 12.7 Å². The van der Waals surface area contributed by atoms with Crippen LogP contribution in [0.5, 0.6) is 0 Å². The quantitative estimate of drug-likeness (QED) is 0.370. The fourth-order valence-corrected chi connectivity index (χ4v) is 0.176. The third-order valence-corrected chi connectivity index (χ3v) is 0.411. The van der Waals surface area contributed by atoms with Gasteiger partial charge >= 0.3 is 0 Å². The molecule has 0 saturated carbocycles. The molecule has 8 heavy (non-hydrogen) atoms. The van der Waals surface area contributed by atoms with E-state index in [1.165, 1.54) is 25.1 Å². The highest BCUT2D eigenvalue weighted by Gasteiger charge is 1.55. The first-order chi connectivity index (χ1) is 3.91. The van der Waals surface area contributed by atoms with Crippen LogP contribution in [0.15, 0.2) is 22.4 Å². The zero-order valence-corrected chi connectivity index (χ0v) is 4.36. The number of hydrogen-bond donors (Lipinski definition) is 2. The topological polar surface area (TPSA) is 76.8 Å². The Balaban J connectivity index is 3.35. The van der Waals surface area contributed by atoms with Crippen LogP contribution < -0.4 is 11.5 Å². The molecule has 0 atom stereocenters. The van der Waals surface area contributed by atoms with Crippen molar-refractivity contribution in [3.63, 3.8) is 0 Å². The predicted molar refractivity (Wildman–Crippen MR) is 34.5 cm³/mol. The average molecular weight is 112 g/mol. The number of nitrogens with zero attached hydrogens (tertiary/aromatic N) is 2. The van der Waals surface area contributed by atoms with Crippen molar-refractivity contribution in [1.29, 1.82) is 0 Å². The van der Waals surface area contributed by atoms with E-state index in [2.05, 4.69) is 9.98 Å². The van der Waals surface area contributed by atoms with E-state index >= 15 is 0 Å². The second-order valence-corrected chi connectivity index (χ2v) is 0.894. The minimum Gasteiger partial charge on any atom is -0.390 e. The lowest BCUT2D eigenvalue weighted by atomic mass is 10.9. The predicted octanol–water partition coefficient (Wildman–Crippen LogP) is -0.568. The normalized spacial score (nSPS) is 12.5. The van der Waals surface area contributed by atoms with Crippen LogP contribution in [0.1, 0.15) is 0 Å². The number of hydrogen-bond acceptors (Lipinski definition) is 2. The molecule has 0 radical (unpaired) electrons. The van der Waals surface area contributed by atoms with Crippen LogP contribution in [-0.2, 0) is 0 Å². The van der Waals surface area contributed by atoms with Gasteiger partial charge in [0.25, 0.3) is 0 Å². The van der Waals surface area contributed by atoms with E-state index in [0.717, 1.165) is 0 Å². The molecule has 0 rings (SSSR count). The largest absolute Gasteiger partial charge is 0.390 e. The summed E-state index contributed by atoms with van der Waals surface area (Å²) in [6.45, 7) is 0. The second kappa shape index (κ2) is 5.68. The summed E-state index contributed by atoms with van der Waals surface area (Å²) in [5.41, 5.74) is 9.77. The third kappa shape index (κ3) is 4.68. The van der Waals surface area contributed by atoms with E-state index in [1.54, 1.807) is 0 Å². The molecule has 0 aromatic heterocycles. The van der Waals surface area contributed by atoms with Crippen molar-refractivity contribution in [3.8, 4) is 0 Å². The van der Waals surface area contributed by atoms with Crippen LogP contribution in [0.3, 0.4) is 0 Å². The first kappa shape index (κ1) is 6.68. The van der Waals surface area contributed by atoms with E-state index in [9.17, 15) is 0 Å². The molecule has 0 fully saturated rings. The lowest BCUT2D eigenvalue weighted by Gasteiger charge is -1.70. The molecule has 0 aliphatic heterocycles. The Hall–Kier alpha value is -1.32. The van der Waals surface area contributed by atoms with Gasteiger partial charge in [-0.3, -0.25) is 0 Å². The highest BCUT2D eigenvalue weighted by atomic mass is 14.8. The molecule has 0 amide bonds. The molecular weight excluding hydrogens is 104 g/mol. The summed E-state index contributed by atoms with van der Waals surface area (Å²) in [6.07, 6.45) is 5.21. The Morgan fingerprint density at radius 1 is 0.875 bits per heavy atom. The van der Waals surface area contributed by atoms with E-state index in [1.807, 2.05) is 0 Å². The number of rotatable bonds is 2. The molecule has 4 nitrogen and oxygen atoms in total. The van der Waals surface area contributed by atoms with Crippen LogP contribution in [-0.4, -0.2) is 12.7 Å². The Labute approximate surface area is 47.6 Å². The molecule has 0 bridgehead atoms. The minimum atomic E-state index is 1.17. The number of aliphatic imine (C=N–C) groups is 2. The standard InChI is InChI=1S/C4H8N4/c5-3-7-1-2-8-4-6/h1-4H,(H2,5,7)(H2,6,8). The maximum absolute atomic E-state index is 4.88. The van der Waals surface area contributed by atoms with Crippen LogP contribution in [0.4, 0.5) is 0 Å². The third-order valence-electron chi connectivity index (χ3n) is 0.411. The molecule has 0 heterocycles. The highest BCUT2D eigenvalue weighted by Crippen LogP contribution is 1.70. The minimum absolute atomic E-state index is 1.17. The zero-order valence-electron chi connectivity index (χ0n) is 4.36. The molecule has 0 aliphatic carbocycles. The van der Waals surface area contributed by atoms with Crippen molar-refractivity contribution in [2.45, 2.75) is 0 Å². The molecule has 44 valence electrons. The fourth-order valence-electron chi connectivity index (χ4n) is 0.176. The summed E-state index contributed by atoms with van der Waals surface area (Å²) >= 11 is 0. The summed E-state index contributed by atoms with van der Waals surface area (Å²) in [5, 5.41) is 0. The van der Waals surface area contributed by atoms with E-state index < -0.39 is 0 Å². The molecule has 4 heteroatoms. The summed E-state index contributed by atoms with van der Waals surface area (Å²) < 4.78 is 0. The molecule has 0 saturated heterocycles. The zero-order chi connectivity index (χ0) is 6.24. The van der Waals surface area contributed by atoms with Crippen LogP contribution in [0.25, 0.3) is 0 Å². The highest BCUT2D eigenvalue weighted by molar-refractivity contribution is 5.53. The van der Waals surface area contributed by atoms with Gasteiger partial charge in [-0.05, 0) is 0 Å². The summed E-state index contributed by atoms with van der Waals surface area (Å²) in [7, 11) is 0. The first-order valence-electron chi connectivity index (χ1n) is 2.03. The van der Waals surface area contributed by atoms with Crippen molar-refractivity contribution in [3.05, 3.63) is 12.4 Å². The first-order valence-corrected chi connectivity index (χ1v) is 2.03. The van der Waals surface area contributed by atoms with Gasteiger partial charge in [-0.25, -0.2) is 9.98 Å². The van der Waals surface area contributed by atoms with Gasteiger partial charge in [0.1, 0.15) is 0 Å². The van der Waals surface area contributed by atoms with Gasteiger partial charge in [0, 0.05) is 12.4 Å². The van der Waals surface area contributed by atoms with Gasteiger partial charge in [0.2, 0.25) is 0 Å². The lowest BCUT2D eigenvalue weighted by molar-refractivity contribution is 1.46. The second-order valence-electron chi connectivity index (χ2n) is 0.894. The van der Waals surface area contributed by atoms with Gasteiger partial charge in [-0.2, -0.15) is 0 Å². The van der Waals surface area contributed by atoms with Gasteiger partial charge in [-0.1, -0.05) is 0 Å². The molecule has 0 unspecified atom stereocenters. The van der Waals surface area contributed by atoms with Gasteiger partial charge in [0.15, 0.2) is 0 Å². The van der Waals surface area contributed by atoms with Crippen molar-refractivity contribution < 1.29 is 0 Å². The van der Waals surface area contributed by atoms with Crippen molar-refractivity contribution in [1.82, 2.24) is 0 Å². The van der Waals surface area contributed by atoms with Crippen LogP contribution in [0, 0.1) is 0 Å². The van der Waals surface area contributed by atoms with Crippen molar-refractivity contribution in [2.24, 2.45) is 21.5 Å². The average Bonchev–Trinajstić information content (AvgIpc) is 1.81. The van der Waals surface area contributed by atoms with Gasteiger partial charge < -0.3 is 11.5 Å². The number of nitrogens with two attached hydrogens (primary N) is 2. The molecular formula is C4H8N4. The molecule has 0 aliphatic rings. The summed E-state index contributed by atoms with van der Waals surface area (Å²) in [4.78, 5) is 7.02. The summed E-state index contributed by atoms with van der Waals surface area (Å²) in [5.74, 6) is 0. The van der Waals surface area contributed by atoms with Gasteiger partial charge in [-0.15, -0.1) is 0 Å². The maximum atomic E-state index is 4.88. The smallest absolute Gasteiger partial charge is 0.0853 e.